The maximum atomic E-state index is 9.17. The van der Waals surface area contributed by atoms with Crippen molar-refractivity contribution in [1.82, 2.24) is 0 Å². The van der Waals surface area contributed by atoms with Crippen LogP contribution in [0, 0.1) is 3.57 Å². The van der Waals surface area contributed by atoms with Crippen molar-refractivity contribution in [2.45, 2.75) is 39.5 Å². The molecule has 0 aliphatic carbocycles. The van der Waals surface area contributed by atoms with Gasteiger partial charge < -0.3 is 19.5 Å². The van der Waals surface area contributed by atoms with Crippen LogP contribution >= 0.6 is 45.8 Å². The standard InChI is InChI=1S/C10H14BClO3.C10H12ClIO/c1-6(2)7-4-8(11(13)14)10(15-3)5-9(7)12;1-6(2)7-4-9(12)10(13-3)5-8(7)11/h4-6,13-14H,1-3H3;4-6H,1-3H3. The molecule has 28 heavy (non-hydrogen) atoms. The minimum Gasteiger partial charge on any atom is -0.497 e. The first-order chi connectivity index (χ1) is 13.0. The summed E-state index contributed by atoms with van der Waals surface area (Å²) in [5, 5.41) is 19.7. The lowest BCUT2D eigenvalue weighted by atomic mass is 9.78. The van der Waals surface area contributed by atoms with E-state index in [0.29, 0.717) is 22.2 Å². The summed E-state index contributed by atoms with van der Waals surface area (Å²) in [6, 6.07) is 7.22. The van der Waals surface area contributed by atoms with E-state index in [1.807, 2.05) is 19.9 Å². The minimum atomic E-state index is -1.55. The highest BCUT2D eigenvalue weighted by Crippen LogP contribution is 2.32. The molecule has 154 valence electrons. The smallest absolute Gasteiger partial charge is 0.492 e. The van der Waals surface area contributed by atoms with Crippen LogP contribution < -0.4 is 14.9 Å². The molecule has 0 aromatic heterocycles. The molecule has 0 unspecified atom stereocenters. The Morgan fingerprint density at radius 3 is 1.64 bits per heavy atom. The summed E-state index contributed by atoms with van der Waals surface area (Å²) in [7, 11) is 1.57. The van der Waals surface area contributed by atoms with Gasteiger partial charge in [-0.2, -0.15) is 0 Å². The molecule has 2 N–H and O–H groups in total. The van der Waals surface area contributed by atoms with Crippen LogP contribution in [0.2, 0.25) is 10.0 Å². The van der Waals surface area contributed by atoms with Gasteiger partial charge in [0.05, 0.1) is 17.8 Å². The van der Waals surface area contributed by atoms with Crippen LogP contribution in [0.1, 0.15) is 50.7 Å². The molecule has 0 saturated carbocycles. The highest BCUT2D eigenvalue weighted by molar-refractivity contribution is 14.1. The maximum Gasteiger partial charge on any atom is 0.492 e. The van der Waals surface area contributed by atoms with E-state index < -0.39 is 7.12 Å². The zero-order chi connectivity index (χ0) is 21.6. The predicted octanol–water partition coefficient (Wildman–Crippen LogP) is 5.23. The van der Waals surface area contributed by atoms with E-state index in [4.69, 9.17) is 42.7 Å². The molecule has 0 heterocycles. The molecule has 8 heteroatoms. The SMILES string of the molecule is COc1cc(Cl)c(C(C)C)cc1B(O)O.COc1cc(Cl)c(C(C)C)cc1I. The van der Waals surface area contributed by atoms with Gasteiger partial charge in [0.2, 0.25) is 0 Å². The highest BCUT2D eigenvalue weighted by atomic mass is 127. The minimum absolute atomic E-state index is 0.223. The third kappa shape index (κ3) is 6.70. The van der Waals surface area contributed by atoms with Crippen molar-refractivity contribution in [3.63, 3.8) is 0 Å². The Hall–Kier alpha value is -0.665. The highest BCUT2D eigenvalue weighted by Gasteiger charge is 2.20. The van der Waals surface area contributed by atoms with Gasteiger partial charge in [0, 0.05) is 21.6 Å². The van der Waals surface area contributed by atoms with Crippen molar-refractivity contribution in [2.24, 2.45) is 0 Å². The van der Waals surface area contributed by atoms with Gasteiger partial charge in [-0.3, -0.25) is 0 Å². The molecule has 0 aliphatic heterocycles. The molecule has 2 aromatic rings. The molecule has 0 amide bonds. The van der Waals surface area contributed by atoms with Gasteiger partial charge in [-0.1, -0.05) is 57.0 Å². The van der Waals surface area contributed by atoms with E-state index in [0.717, 1.165) is 19.9 Å². The summed E-state index contributed by atoms with van der Waals surface area (Å²) in [5.74, 6) is 1.90. The predicted molar refractivity (Wildman–Crippen MR) is 127 cm³/mol. The monoisotopic (exact) mass is 538 g/mol. The topological polar surface area (TPSA) is 58.9 Å². The number of rotatable bonds is 5. The van der Waals surface area contributed by atoms with Gasteiger partial charge in [-0.05, 0) is 57.7 Å². The molecule has 2 rings (SSSR count). The Bertz CT molecular complexity index is 798. The molecule has 0 radical (unpaired) electrons. The van der Waals surface area contributed by atoms with Crippen molar-refractivity contribution in [3.05, 3.63) is 49.0 Å². The van der Waals surface area contributed by atoms with Crippen LogP contribution in [-0.2, 0) is 0 Å². The Morgan fingerprint density at radius 1 is 0.821 bits per heavy atom. The zero-order valence-corrected chi connectivity index (χ0v) is 20.6. The van der Waals surface area contributed by atoms with Gasteiger partial charge in [0.25, 0.3) is 0 Å². The Balaban J connectivity index is 0.000000283. The van der Waals surface area contributed by atoms with Gasteiger partial charge in [0.15, 0.2) is 0 Å². The molecule has 0 saturated heterocycles. The molecule has 0 atom stereocenters. The normalized spacial score (nSPS) is 10.6. The second kappa shape index (κ2) is 11.5. The van der Waals surface area contributed by atoms with Gasteiger partial charge in [0.1, 0.15) is 11.5 Å². The largest absolute Gasteiger partial charge is 0.497 e. The van der Waals surface area contributed by atoms with Crippen molar-refractivity contribution in [3.8, 4) is 11.5 Å². The number of halogens is 3. The van der Waals surface area contributed by atoms with E-state index in [2.05, 4.69) is 42.5 Å². The van der Waals surface area contributed by atoms with E-state index >= 15 is 0 Å². The van der Waals surface area contributed by atoms with Crippen molar-refractivity contribution >= 4 is 58.4 Å². The second-order valence-electron chi connectivity index (χ2n) is 6.81. The fraction of sp³-hybridized carbons (Fsp3) is 0.400. The van der Waals surface area contributed by atoms with Gasteiger partial charge in [-0.25, -0.2) is 0 Å². The Morgan fingerprint density at radius 2 is 1.25 bits per heavy atom. The fourth-order valence-corrected chi connectivity index (χ4v) is 4.01. The maximum absolute atomic E-state index is 9.17. The third-order valence-corrected chi connectivity index (χ3v) is 5.64. The molecule has 0 spiro atoms. The number of hydrogen-bond acceptors (Lipinski definition) is 4. The molecular weight excluding hydrogens is 513 g/mol. The van der Waals surface area contributed by atoms with Crippen LogP contribution in [-0.4, -0.2) is 31.4 Å². The summed E-state index contributed by atoms with van der Waals surface area (Å²) < 4.78 is 11.3. The van der Waals surface area contributed by atoms with Gasteiger partial charge >= 0.3 is 7.12 Å². The molecule has 0 bridgehead atoms. The van der Waals surface area contributed by atoms with Crippen molar-refractivity contribution < 1.29 is 19.5 Å². The lowest BCUT2D eigenvalue weighted by molar-refractivity contribution is 0.403. The van der Waals surface area contributed by atoms with Gasteiger partial charge in [-0.15, -0.1) is 0 Å². The number of methoxy groups -OCH3 is 2. The molecular formula is C20H26BCl2IO4. The summed E-state index contributed by atoms with van der Waals surface area (Å²) in [6.45, 7) is 8.23. The summed E-state index contributed by atoms with van der Waals surface area (Å²) in [5.41, 5.74) is 2.39. The average molecular weight is 539 g/mol. The van der Waals surface area contributed by atoms with Crippen LogP contribution in [0.4, 0.5) is 0 Å². The fourth-order valence-electron chi connectivity index (χ4n) is 2.55. The van der Waals surface area contributed by atoms with Crippen LogP contribution in [0.5, 0.6) is 11.5 Å². The van der Waals surface area contributed by atoms with E-state index in [-0.39, 0.29) is 5.92 Å². The second-order valence-corrected chi connectivity index (χ2v) is 8.78. The third-order valence-electron chi connectivity index (χ3n) is 4.14. The first-order valence-corrected chi connectivity index (χ1v) is 10.6. The van der Waals surface area contributed by atoms with Crippen LogP contribution in [0.15, 0.2) is 24.3 Å². The summed E-state index contributed by atoms with van der Waals surface area (Å²) >= 11 is 14.4. The summed E-state index contributed by atoms with van der Waals surface area (Å²) in [6.07, 6.45) is 0. The number of hydrogen-bond donors (Lipinski definition) is 2. The average Bonchev–Trinajstić information content (AvgIpc) is 2.62. The van der Waals surface area contributed by atoms with E-state index in [9.17, 15) is 0 Å². The molecule has 2 aromatic carbocycles. The van der Waals surface area contributed by atoms with Crippen molar-refractivity contribution in [1.29, 1.82) is 0 Å². The lowest BCUT2D eigenvalue weighted by Crippen LogP contribution is -2.31. The summed E-state index contributed by atoms with van der Waals surface area (Å²) in [4.78, 5) is 0. The first kappa shape index (κ1) is 25.4. The van der Waals surface area contributed by atoms with E-state index in [1.165, 1.54) is 12.7 Å². The molecule has 4 nitrogen and oxygen atoms in total. The van der Waals surface area contributed by atoms with Crippen molar-refractivity contribution in [2.75, 3.05) is 14.2 Å². The van der Waals surface area contributed by atoms with Crippen LogP contribution in [0.3, 0.4) is 0 Å². The molecule has 0 fully saturated rings. The zero-order valence-electron chi connectivity index (χ0n) is 16.9. The van der Waals surface area contributed by atoms with E-state index in [1.54, 1.807) is 19.2 Å². The lowest BCUT2D eigenvalue weighted by Gasteiger charge is -2.14. The van der Waals surface area contributed by atoms with Crippen LogP contribution in [0.25, 0.3) is 0 Å². The first-order valence-electron chi connectivity index (χ1n) is 8.79. The number of ether oxygens (including phenoxy) is 2. The Kier molecular flexibility index (Phi) is 10.4. The Labute approximate surface area is 191 Å². The quantitative estimate of drug-likeness (QED) is 0.404. The number of benzene rings is 2. The molecule has 0 aliphatic rings.